The highest BCUT2D eigenvalue weighted by atomic mass is 19.1. The molecule has 0 radical (unpaired) electrons. The van der Waals surface area contributed by atoms with Crippen LogP contribution in [0.2, 0.25) is 0 Å². The van der Waals surface area contributed by atoms with Crippen LogP contribution in [0.15, 0.2) is 18.3 Å². The predicted molar refractivity (Wildman–Crippen MR) is 67.3 cm³/mol. The summed E-state index contributed by atoms with van der Waals surface area (Å²) in [4.78, 5) is 12.3. The Hall–Kier alpha value is -1.97. The van der Waals surface area contributed by atoms with Crippen molar-refractivity contribution in [3.8, 4) is 0 Å². The van der Waals surface area contributed by atoms with Crippen molar-refractivity contribution in [2.75, 3.05) is 0 Å². The summed E-state index contributed by atoms with van der Waals surface area (Å²) in [6.45, 7) is 5.34. The molecule has 1 aromatic carbocycles. The molecule has 0 N–H and O–H groups in total. The minimum atomic E-state index is -0.472. The molecule has 94 valence electrons. The van der Waals surface area contributed by atoms with Crippen molar-refractivity contribution in [2.45, 2.75) is 20.8 Å². The molecule has 0 spiro atoms. The average Bonchev–Trinajstić information content (AvgIpc) is 2.58. The first kappa shape index (κ1) is 12.5. The highest BCUT2D eigenvalue weighted by Gasteiger charge is 2.20. The van der Waals surface area contributed by atoms with Crippen molar-refractivity contribution in [1.82, 2.24) is 9.78 Å². The van der Waals surface area contributed by atoms with Crippen LogP contribution in [-0.4, -0.2) is 15.6 Å². The summed E-state index contributed by atoms with van der Waals surface area (Å²) in [7, 11) is 1.75. The average molecular weight is 246 g/mol. The van der Waals surface area contributed by atoms with E-state index in [0.29, 0.717) is 11.1 Å². The number of aryl methyl sites for hydroxylation is 3. The molecular weight excluding hydrogens is 231 g/mol. The van der Waals surface area contributed by atoms with Gasteiger partial charge in [-0.05, 0) is 38.0 Å². The molecule has 2 aromatic rings. The molecule has 0 saturated carbocycles. The van der Waals surface area contributed by atoms with Gasteiger partial charge in [-0.25, -0.2) is 4.39 Å². The molecule has 0 atom stereocenters. The van der Waals surface area contributed by atoms with Crippen LogP contribution in [-0.2, 0) is 7.05 Å². The number of hydrogen-bond acceptors (Lipinski definition) is 2. The lowest BCUT2D eigenvalue weighted by molar-refractivity contribution is 0.103. The van der Waals surface area contributed by atoms with Crippen molar-refractivity contribution in [1.29, 1.82) is 0 Å². The van der Waals surface area contributed by atoms with Gasteiger partial charge >= 0.3 is 0 Å². The third-order valence-electron chi connectivity index (χ3n) is 3.14. The van der Waals surface area contributed by atoms with Gasteiger partial charge in [0.05, 0.1) is 17.3 Å². The SMILES string of the molecule is Cc1cc(C)c(C(=O)c2cnn(C)c2C)c(F)c1. The molecule has 0 unspecified atom stereocenters. The number of benzene rings is 1. The number of rotatable bonds is 2. The van der Waals surface area contributed by atoms with Gasteiger partial charge in [0.15, 0.2) is 5.78 Å². The lowest BCUT2D eigenvalue weighted by atomic mass is 9.97. The first-order valence-corrected chi connectivity index (χ1v) is 5.72. The number of carbonyl (C=O) groups excluding carboxylic acids is 1. The zero-order valence-corrected chi connectivity index (χ0v) is 10.9. The lowest BCUT2D eigenvalue weighted by Crippen LogP contribution is -2.08. The van der Waals surface area contributed by atoms with Crippen LogP contribution in [0.25, 0.3) is 0 Å². The molecule has 0 amide bonds. The molecule has 0 bridgehead atoms. The van der Waals surface area contributed by atoms with Gasteiger partial charge in [0.1, 0.15) is 5.82 Å². The summed E-state index contributed by atoms with van der Waals surface area (Å²) in [5.41, 5.74) is 2.78. The summed E-state index contributed by atoms with van der Waals surface area (Å²) in [5.74, 6) is -0.781. The molecule has 0 aliphatic rings. The molecule has 1 heterocycles. The zero-order valence-electron chi connectivity index (χ0n) is 10.9. The highest BCUT2D eigenvalue weighted by molar-refractivity contribution is 6.10. The summed E-state index contributed by atoms with van der Waals surface area (Å²) in [6.07, 6.45) is 1.48. The Kier molecular flexibility index (Phi) is 3.03. The smallest absolute Gasteiger partial charge is 0.199 e. The van der Waals surface area contributed by atoms with Gasteiger partial charge in [-0.1, -0.05) is 6.07 Å². The van der Waals surface area contributed by atoms with Crippen molar-refractivity contribution in [3.63, 3.8) is 0 Å². The topological polar surface area (TPSA) is 34.9 Å². The van der Waals surface area contributed by atoms with E-state index >= 15 is 0 Å². The molecule has 0 fully saturated rings. The van der Waals surface area contributed by atoms with Gasteiger partial charge in [0, 0.05) is 12.7 Å². The van der Waals surface area contributed by atoms with Crippen LogP contribution < -0.4 is 0 Å². The van der Waals surface area contributed by atoms with Crippen LogP contribution in [0.4, 0.5) is 4.39 Å². The summed E-state index contributed by atoms with van der Waals surface area (Å²) in [5, 5.41) is 4.01. The van der Waals surface area contributed by atoms with E-state index in [1.165, 1.54) is 12.3 Å². The number of aromatic nitrogens is 2. The Bertz CT molecular complexity index is 606. The molecule has 1 aromatic heterocycles. The van der Waals surface area contributed by atoms with Crippen LogP contribution >= 0.6 is 0 Å². The Morgan fingerprint density at radius 1 is 1.28 bits per heavy atom. The van der Waals surface area contributed by atoms with Crippen LogP contribution in [0.3, 0.4) is 0 Å². The number of halogens is 1. The lowest BCUT2D eigenvalue weighted by Gasteiger charge is -2.07. The fraction of sp³-hybridized carbons (Fsp3) is 0.286. The van der Waals surface area contributed by atoms with E-state index in [1.807, 2.05) is 6.07 Å². The van der Waals surface area contributed by atoms with Gasteiger partial charge in [0.2, 0.25) is 0 Å². The molecule has 0 aliphatic heterocycles. The molecule has 3 nitrogen and oxygen atoms in total. The molecule has 2 rings (SSSR count). The molecular formula is C14H15FN2O. The summed E-state index contributed by atoms with van der Waals surface area (Å²) < 4.78 is 15.5. The quantitative estimate of drug-likeness (QED) is 0.764. The number of ketones is 1. The van der Waals surface area contributed by atoms with E-state index < -0.39 is 5.82 Å². The van der Waals surface area contributed by atoms with Gasteiger partial charge in [0.25, 0.3) is 0 Å². The minimum absolute atomic E-state index is 0.136. The van der Waals surface area contributed by atoms with Crippen LogP contribution in [0.1, 0.15) is 32.7 Å². The number of hydrogen-bond donors (Lipinski definition) is 0. The molecule has 0 aliphatic carbocycles. The first-order chi connectivity index (χ1) is 8.41. The third-order valence-corrected chi connectivity index (χ3v) is 3.14. The maximum atomic E-state index is 13.9. The van der Waals surface area contributed by atoms with Gasteiger partial charge < -0.3 is 0 Å². The van der Waals surface area contributed by atoms with E-state index in [4.69, 9.17) is 0 Å². The number of carbonyl (C=O) groups is 1. The minimum Gasteiger partial charge on any atom is -0.288 e. The maximum Gasteiger partial charge on any atom is 0.199 e. The van der Waals surface area contributed by atoms with E-state index in [-0.39, 0.29) is 11.3 Å². The van der Waals surface area contributed by atoms with E-state index in [9.17, 15) is 9.18 Å². The molecule has 4 heteroatoms. The Morgan fingerprint density at radius 3 is 2.44 bits per heavy atom. The fourth-order valence-electron chi connectivity index (χ4n) is 2.06. The number of nitrogens with zero attached hydrogens (tertiary/aromatic N) is 2. The van der Waals surface area contributed by atoms with Crippen molar-refractivity contribution < 1.29 is 9.18 Å². The fourth-order valence-corrected chi connectivity index (χ4v) is 2.06. The van der Waals surface area contributed by atoms with Crippen LogP contribution in [0, 0.1) is 26.6 Å². The van der Waals surface area contributed by atoms with E-state index in [1.54, 1.807) is 32.5 Å². The zero-order chi connectivity index (χ0) is 13.4. The van der Waals surface area contributed by atoms with Crippen LogP contribution in [0.5, 0.6) is 0 Å². The van der Waals surface area contributed by atoms with Crippen molar-refractivity contribution in [3.05, 3.63) is 52.1 Å². The highest BCUT2D eigenvalue weighted by Crippen LogP contribution is 2.20. The maximum absolute atomic E-state index is 13.9. The Labute approximate surface area is 105 Å². The molecule has 0 saturated heterocycles. The van der Waals surface area contributed by atoms with E-state index in [2.05, 4.69) is 5.10 Å². The second-order valence-electron chi connectivity index (χ2n) is 4.54. The predicted octanol–water partition coefficient (Wildman–Crippen LogP) is 2.72. The standard InChI is InChI=1S/C14H15FN2O/c1-8-5-9(2)13(12(15)6-8)14(18)11-7-16-17(4)10(11)3/h5-7H,1-4H3. The van der Waals surface area contributed by atoms with Gasteiger partial charge in [-0.15, -0.1) is 0 Å². The van der Waals surface area contributed by atoms with E-state index in [0.717, 1.165) is 11.3 Å². The summed E-state index contributed by atoms with van der Waals surface area (Å²) >= 11 is 0. The summed E-state index contributed by atoms with van der Waals surface area (Å²) in [6, 6.07) is 3.19. The Morgan fingerprint density at radius 2 is 1.94 bits per heavy atom. The third kappa shape index (κ3) is 1.94. The Balaban J connectivity index is 2.57. The van der Waals surface area contributed by atoms with Gasteiger partial charge in [-0.3, -0.25) is 9.48 Å². The van der Waals surface area contributed by atoms with Crippen molar-refractivity contribution >= 4 is 5.78 Å². The first-order valence-electron chi connectivity index (χ1n) is 5.72. The molecule has 18 heavy (non-hydrogen) atoms. The monoisotopic (exact) mass is 246 g/mol. The van der Waals surface area contributed by atoms with Gasteiger partial charge in [-0.2, -0.15) is 5.10 Å². The largest absolute Gasteiger partial charge is 0.288 e. The normalized spacial score (nSPS) is 10.7. The second kappa shape index (κ2) is 4.37. The second-order valence-corrected chi connectivity index (χ2v) is 4.54. The van der Waals surface area contributed by atoms with Crippen molar-refractivity contribution in [2.24, 2.45) is 7.05 Å².